The normalized spacial score (nSPS) is 21.1. The summed E-state index contributed by atoms with van der Waals surface area (Å²) < 4.78 is 2.18. The van der Waals surface area contributed by atoms with Crippen LogP contribution in [0.25, 0.3) is 11.0 Å². The Labute approximate surface area is 114 Å². The number of rotatable bonds is 2. The van der Waals surface area contributed by atoms with E-state index in [0.717, 1.165) is 17.6 Å². The van der Waals surface area contributed by atoms with Crippen LogP contribution in [0.1, 0.15) is 24.8 Å². The van der Waals surface area contributed by atoms with Gasteiger partial charge in [-0.2, -0.15) is 0 Å². The molecule has 1 aliphatic heterocycles. The van der Waals surface area contributed by atoms with E-state index in [4.69, 9.17) is 5.73 Å². The topological polar surface area (TPSA) is 47.1 Å². The number of likely N-dealkylation sites (N-methyl/N-ethyl adjacent to an activating group) is 1. The number of aryl methyl sites for hydroxylation is 1. The minimum absolute atomic E-state index is 0.578. The van der Waals surface area contributed by atoms with Crippen molar-refractivity contribution < 1.29 is 0 Å². The molecule has 19 heavy (non-hydrogen) atoms. The fourth-order valence-corrected chi connectivity index (χ4v) is 3.03. The number of hydrogen-bond acceptors (Lipinski definition) is 3. The van der Waals surface area contributed by atoms with Crippen LogP contribution in [0.3, 0.4) is 0 Å². The summed E-state index contributed by atoms with van der Waals surface area (Å²) in [5.74, 6) is 0.638. The number of fused-ring (bicyclic) bond motifs is 1. The van der Waals surface area contributed by atoms with E-state index in [1.165, 1.54) is 31.4 Å². The highest BCUT2D eigenvalue weighted by Crippen LogP contribution is 2.23. The Bertz CT molecular complexity index is 587. The molecular formula is C15H22N4. The molecule has 1 aromatic carbocycles. The van der Waals surface area contributed by atoms with Crippen LogP contribution >= 0.6 is 0 Å². The van der Waals surface area contributed by atoms with Crippen LogP contribution in [0, 0.1) is 6.92 Å². The fraction of sp³-hybridized carbons (Fsp3) is 0.533. The minimum Gasteiger partial charge on any atom is -0.369 e. The third-order valence-corrected chi connectivity index (χ3v) is 4.25. The molecule has 0 bridgehead atoms. The summed E-state index contributed by atoms with van der Waals surface area (Å²) in [7, 11) is 2.21. The maximum Gasteiger partial charge on any atom is 0.201 e. The molecule has 1 saturated heterocycles. The third kappa shape index (κ3) is 2.32. The maximum absolute atomic E-state index is 6.10. The van der Waals surface area contributed by atoms with Gasteiger partial charge in [-0.25, -0.2) is 4.98 Å². The summed E-state index contributed by atoms with van der Waals surface area (Å²) in [4.78, 5) is 6.92. The standard InChI is InChI=1S/C15H22N4/c1-11-6-7-13-14(9-11)19(15(16)17-13)10-12-5-3-4-8-18(12)2/h6-7,9,12H,3-5,8,10H2,1-2H3,(H2,16,17). The van der Waals surface area contributed by atoms with Gasteiger partial charge in [0.25, 0.3) is 0 Å². The van der Waals surface area contributed by atoms with Crippen molar-refractivity contribution in [2.75, 3.05) is 19.3 Å². The van der Waals surface area contributed by atoms with Gasteiger partial charge in [0, 0.05) is 12.6 Å². The maximum atomic E-state index is 6.10. The highest BCUT2D eigenvalue weighted by atomic mass is 15.2. The zero-order valence-electron chi connectivity index (χ0n) is 11.8. The minimum atomic E-state index is 0.578. The smallest absolute Gasteiger partial charge is 0.201 e. The molecule has 4 heteroatoms. The summed E-state index contributed by atoms with van der Waals surface area (Å²) in [6.07, 6.45) is 3.88. The van der Waals surface area contributed by atoms with Gasteiger partial charge in [-0.15, -0.1) is 0 Å². The molecule has 2 aromatic rings. The van der Waals surface area contributed by atoms with Gasteiger partial charge < -0.3 is 15.2 Å². The third-order valence-electron chi connectivity index (χ3n) is 4.25. The quantitative estimate of drug-likeness (QED) is 0.900. The molecule has 1 aliphatic rings. The number of nitrogens with two attached hydrogens (primary N) is 1. The molecule has 102 valence electrons. The zero-order chi connectivity index (χ0) is 13.4. The number of hydrogen-bond donors (Lipinski definition) is 1. The molecule has 0 aliphatic carbocycles. The average Bonchev–Trinajstić information content (AvgIpc) is 2.69. The van der Waals surface area contributed by atoms with Crippen LogP contribution in [0.2, 0.25) is 0 Å². The van der Waals surface area contributed by atoms with E-state index in [1.54, 1.807) is 0 Å². The molecule has 2 N–H and O–H groups in total. The second kappa shape index (κ2) is 4.85. The highest BCUT2D eigenvalue weighted by Gasteiger charge is 2.21. The fourth-order valence-electron chi connectivity index (χ4n) is 3.03. The molecular weight excluding hydrogens is 236 g/mol. The molecule has 0 amide bonds. The first-order valence-electron chi connectivity index (χ1n) is 7.08. The van der Waals surface area contributed by atoms with E-state index < -0.39 is 0 Å². The molecule has 1 fully saturated rings. The van der Waals surface area contributed by atoms with Crippen molar-refractivity contribution in [1.82, 2.24) is 14.5 Å². The first kappa shape index (κ1) is 12.5. The van der Waals surface area contributed by atoms with Gasteiger partial charge in [-0.3, -0.25) is 0 Å². The number of aromatic nitrogens is 2. The van der Waals surface area contributed by atoms with Gasteiger partial charge in [0.1, 0.15) is 0 Å². The number of piperidine rings is 1. The van der Waals surface area contributed by atoms with Gasteiger partial charge in [-0.05, 0) is 51.1 Å². The predicted molar refractivity (Wildman–Crippen MR) is 79.2 cm³/mol. The molecule has 0 spiro atoms. The zero-order valence-corrected chi connectivity index (χ0v) is 11.8. The van der Waals surface area contributed by atoms with Crippen LogP contribution in [0.4, 0.5) is 5.95 Å². The lowest BCUT2D eigenvalue weighted by Gasteiger charge is -2.32. The molecule has 0 saturated carbocycles. The number of anilines is 1. The summed E-state index contributed by atoms with van der Waals surface area (Å²) in [5.41, 5.74) is 9.52. The monoisotopic (exact) mass is 258 g/mol. The van der Waals surface area contributed by atoms with Crippen molar-refractivity contribution in [1.29, 1.82) is 0 Å². The summed E-state index contributed by atoms with van der Waals surface area (Å²) in [5, 5.41) is 0. The Balaban J connectivity index is 1.95. The Morgan fingerprint density at radius 3 is 3.00 bits per heavy atom. The van der Waals surface area contributed by atoms with E-state index in [2.05, 4.69) is 46.6 Å². The van der Waals surface area contributed by atoms with Gasteiger partial charge in [-0.1, -0.05) is 12.5 Å². The average molecular weight is 258 g/mol. The number of likely N-dealkylation sites (tertiary alicyclic amines) is 1. The van der Waals surface area contributed by atoms with E-state index in [9.17, 15) is 0 Å². The van der Waals surface area contributed by atoms with Crippen molar-refractivity contribution in [2.45, 2.75) is 38.8 Å². The number of benzene rings is 1. The van der Waals surface area contributed by atoms with Gasteiger partial charge in [0.05, 0.1) is 11.0 Å². The Hall–Kier alpha value is -1.55. The van der Waals surface area contributed by atoms with E-state index in [-0.39, 0.29) is 0 Å². The number of nitrogen functional groups attached to an aromatic ring is 1. The second-order valence-corrected chi connectivity index (χ2v) is 5.70. The van der Waals surface area contributed by atoms with Crippen LogP contribution in [0.15, 0.2) is 18.2 Å². The van der Waals surface area contributed by atoms with Crippen LogP contribution < -0.4 is 5.73 Å². The SMILES string of the molecule is Cc1ccc2nc(N)n(CC3CCCCN3C)c2c1. The highest BCUT2D eigenvalue weighted by molar-refractivity contribution is 5.79. The van der Waals surface area contributed by atoms with E-state index in [0.29, 0.717) is 12.0 Å². The molecule has 1 aromatic heterocycles. The Morgan fingerprint density at radius 2 is 2.21 bits per heavy atom. The molecule has 1 atom stereocenters. The van der Waals surface area contributed by atoms with E-state index in [1.807, 2.05) is 0 Å². The molecule has 2 heterocycles. The molecule has 4 nitrogen and oxygen atoms in total. The first-order valence-corrected chi connectivity index (χ1v) is 7.08. The van der Waals surface area contributed by atoms with Crippen molar-refractivity contribution in [2.24, 2.45) is 0 Å². The van der Waals surface area contributed by atoms with Crippen LogP contribution in [0.5, 0.6) is 0 Å². The number of imidazole rings is 1. The lowest BCUT2D eigenvalue weighted by molar-refractivity contribution is 0.169. The molecule has 1 unspecified atom stereocenters. The van der Waals surface area contributed by atoms with Crippen molar-refractivity contribution in [3.05, 3.63) is 23.8 Å². The van der Waals surface area contributed by atoms with Gasteiger partial charge in [0.15, 0.2) is 0 Å². The van der Waals surface area contributed by atoms with E-state index >= 15 is 0 Å². The molecule has 3 rings (SSSR count). The molecule has 0 radical (unpaired) electrons. The van der Waals surface area contributed by atoms with Gasteiger partial charge >= 0.3 is 0 Å². The van der Waals surface area contributed by atoms with Crippen molar-refractivity contribution >= 4 is 17.0 Å². The largest absolute Gasteiger partial charge is 0.369 e. The predicted octanol–water partition coefficient (Wildman–Crippen LogP) is 2.41. The lowest BCUT2D eigenvalue weighted by atomic mass is 10.0. The van der Waals surface area contributed by atoms with Crippen molar-refractivity contribution in [3.63, 3.8) is 0 Å². The van der Waals surface area contributed by atoms with Crippen LogP contribution in [-0.2, 0) is 6.54 Å². The second-order valence-electron chi connectivity index (χ2n) is 5.70. The number of nitrogens with zero attached hydrogens (tertiary/aromatic N) is 3. The van der Waals surface area contributed by atoms with Crippen molar-refractivity contribution in [3.8, 4) is 0 Å². The summed E-state index contributed by atoms with van der Waals surface area (Å²) in [6, 6.07) is 6.91. The lowest BCUT2D eigenvalue weighted by Crippen LogP contribution is -2.39. The van der Waals surface area contributed by atoms with Gasteiger partial charge in [0.2, 0.25) is 5.95 Å². The Kier molecular flexibility index (Phi) is 3.19. The summed E-state index contributed by atoms with van der Waals surface area (Å²) in [6.45, 7) is 4.25. The Morgan fingerprint density at radius 1 is 1.37 bits per heavy atom. The first-order chi connectivity index (χ1) is 9.15. The van der Waals surface area contributed by atoms with Crippen LogP contribution in [-0.4, -0.2) is 34.1 Å². The summed E-state index contributed by atoms with van der Waals surface area (Å²) >= 11 is 0.